The minimum Gasteiger partial charge on any atom is -0.477 e. The number of aromatic nitrogens is 1. The van der Waals surface area contributed by atoms with Crippen LogP contribution in [0.5, 0.6) is 0 Å². The molecule has 8 amide bonds. The van der Waals surface area contributed by atoms with Crippen molar-refractivity contribution >= 4 is 81.5 Å². The molecule has 1 unspecified atom stereocenters. The topological polar surface area (TPSA) is 281 Å². The van der Waals surface area contributed by atoms with Crippen LogP contribution >= 0.6 is 11.6 Å². The zero-order valence-electron chi connectivity index (χ0n) is 39.1. The highest BCUT2D eigenvalue weighted by Gasteiger charge is 2.56. The molecule has 3 fully saturated rings. The number of nitrogens with one attached hydrogen (secondary N) is 5. The third-order valence-corrected chi connectivity index (χ3v) is 13.6. The van der Waals surface area contributed by atoms with E-state index >= 15 is 4.39 Å². The molecule has 0 bridgehead atoms. The van der Waals surface area contributed by atoms with Gasteiger partial charge in [0.15, 0.2) is 0 Å². The number of ether oxygens (including phenoxy) is 1. The molecule has 3 aromatic rings. The molecule has 2 aliphatic heterocycles. The molecule has 5 atom stereocenters. The van der Waals surface area contributed by atoms with Gasteiger partial charge in [0.25, 0.3) is 11.8 Å². The molecule has 8 N–H and O–H groups in total. The number of carboxylic acid groups (broad SMARTS) is 1. The average molecular weight is 1010 g/mol. The molecule has 7 rings (SSSR count). The van der Waals surface area contributed by atoms with Gasteiger partial charge in [-0.3, -0.25) is 33.7 Å². The van der Waals surface area contributed by atoms with Gasteiger partial charge < -0.3 is 51.6 Å². The fourth-order valence-corrected chi connectivity index (χ4v) is 9.45. The predicted molar refractivity (Wildman–Crippen MR) is 255 cm³/mol. The Hall–Kier alpha value is -7.10. The number of alkyl carbamates (subject to hydrolysis) is 1. The molecule has 23 heteroatoms. The van der Waals surface area contributed by atoms with Crippen molar-refractivity contribution in [3.63, 3.8) is 0 Å². The maximum absolute atomic E-state index is 15.9. The molecule has 3 heterocycles. The van der Waals surface area contributed by atoms with Crippen LogP contribution in [0.15, 0.2) is 53.5 Å². The highest BCUT2D eigenvalue weighted by molar-refractivity contribution is 6.38. The number of imide groups is 1. The van der Waals surface area contributed by atoms with Crippen LogP contribution in [0.25, 0.3) is 10.9 Å². The van der Waals surface area contributed by atoms with E-state index in [4.69, 9.17) is 22.1 Å². The summed E-state index contributed by atoms with van der Waals surface area (Å²) in [5, 5.41) is 22.7. The van der Waals surface area contributed by atoms with E-state index in [1.54, 1.807) is 43.0 Å². The second-order valence-corrected chi connectivity index (χ2v) is 19.2. The van der Waals surface area contributed by atoms with Gasteiger partial charge in [-0.05, 0) is 68.2 Å². The summed E-state index contributed by atoms with van der Waals surface area (Å²) in [5.74, 6) is -5.08. The number of alkyl halides is 1. The molecule has 20 nitrogen and oxygen atoms in total. The Morgan fingerprint density at radius 2 is 1.66 bits per heavy atom. The van der Waals surface area contributed by atoms with E-state index in [1.807, 2.05) is 0 Å². The number of anilines is 2. The molecule has 1 spiro atoms. The van der Waals surface area contributed by atoms with Crippen molar-refractivity contribution in [2.45, 2.75) is 109 Å². The second kappa shape index (κ2) is 21.9. The monoisotopic (exact) mass is 1010 g/mol. The highest BCUT2D eigenvalue weighted by atomic mass is 35.5. The van der Waals surface area contributed by atoms with Gasteiger partial charge in [-0.25, -0.2) is 23.2 Å². The second-order valence-electron chi connectivity index (χ2n) is 18.8. The number of fused-ring (bicyclic) bond motifs is 1. The molecule has 71 heavy (non-hydrogen) atoms. The molecular formula is C48H56ClF2N9O11. The summed E-state index contributed by atoms with van der Waals surface area (Å²) in [7, 11) is 0. The molecule has 2 aromatic carbocycles. The van der Waals surface area contributed by atoms with Crippen LogP contribution in [-0.2, 0) is 35.3 Å². The van der Waals surface area contributed by atoms with Crippen molar-refractivity contribution in [2.24, 2.45) is 17.1 Å². The molecule has 2 aliphatic carbocycles. The SMILES string of the molecule is CC(C)C(NC(=O)CCCCCN1C(=O)C=CC1=O)C(=O)N[C@@H](CCCNC(N)=O)C(=O)Nc1ccc(COC(=O)N[C@@H]2CN(c3c(F)cc4c(=O)c(C(=O)O)cn([C@@H]5C[C@@H]5F)c4c3Cl)CC23CC3)cc1. The van der Waals surface area contributed by atoms with E-state index in [0.29, 0.717) is 49.9 Å². The zero-order valence-corrected chi connectivity index (χ0v) is 39.8. The van der Waals surface area contributed by atoms with Gasteiger partial charge in [0.05, 0.1) is 33.7 Å². The van der Waals surface area contributed by atoms with Gasteiger partial charge in [0.1, 0.15) is 36.2 Å². The van der Waals surface area contributed by atoms with Crippen LogP contribution in [0, 0.1) is 17.2 Å². The minimum atomic E-state index is -1.53. The normalized spacial score (nSPS) is 19.4. The van der Waals surface area contributed by atoms with Gasteiger partial charge in [-0.1, -0.05) is 44.0 Å². The van der Waals surface area contributed by atoms with Gasteiger partial charge in [0, 0.05) is 68.5 Å². The Bertz CT molecular complexity index is 2690. The number of carbonyl (C=O) groups is 8. The number of amides is 8. The summed E-state index contributed by atoms with van der Waals surface area (Å²) in [6.45, 7) is 4.12. The first kappa shape index (κ1) is 51.7. The summed E-state index contributed by atoms with van der Waals surface area (Å²) in [4.78, 5) is 116. The van der Waals surface area contributed by atoms with Crippen LogP contribution in [0.2, 0.25) is 5.02 Å². The molecule has 380 valence electrons. The van der Waals surface area contributed by atoms with Crippen LogP contribution in [0.3, 0.4) is 0 Å². The maximum atomic E-state index is 15.9. The molecule has 0 radical (unpaired) electrons. The number of benzene rings is 2. The van der Waals surface area contributed by atoms with E-state index < -0.39 is 82.5 Å². The van der Waals surface area contributed by atoms with E-state index in [2.05, 4.69) is 26.6 Å². The van der Waals surface area contributed by atoms with Crippen LogP contribution < -0.4 is 42.6 Å². The number of hydrogen-bond donors (Lipinski definition) is 7. The number of pyridine rings is 1. The summed E-state index contributed by atoms with van der Waals surface area (Å²) >= 11 is 6.82. The summed E-state index contributed by atoms with van der Waals surface area (Å²) in [6, 6.07) is 3.23. The Balaban J connectivity index is 0.918. The fourth-order valence-electron chi connectivity index (χ4n) is 9.04. The number of unbranched alkanes of at least 4 members (excludes halogenated alkanes) is 2. The van der Waals surface area contributed by atoms with Crippen LogP contribution in [0.1, 0.15) is 93.6 Å². The highest BCUT2D eigenvalue weighted by Crippen LogP contribution is 2.55. The Labute approximate surface area is 411 Å². The summed E-state index contributed by atoms with van der Waals surface area (Å²) in [6.07, 6.45) is 4.91. The van der Waals surface area contributed by atoms with Crippen LogP contribution in [-0.4, -0.2) is 113 Å². The summed E-state index contributed by atoms with van der Waals surface area (Å²) < 4.78 is 37.1. The number of nitrogens with zero attached hydrogens (tertiary/aromatic N) is 3. The minimum absolute atomic E-state index is 0.0298. The number of rotatable bonds is 22. The number of halogens is 3. The van der Waals surface area contributed by atoms with Crippen molar-refractivity contribution in [2.75, 3.05) is 36.4 Å². The maximum Gasteiger partial charge on any atom is 0.407 e. The van der Waals surface area contributed by atoms with Gasteiger partial charge in [-0.2, -0.15) is 0 Å². The smallest absolute Gasteiger partial charge is 0.407 e. The Morgan fingerprint density at radius 3 is 2.28 bits per heavy atom. The quantitative estimate of drug-likeness (QED) is 0.0552. The average Bonchev–Trinajstić information content (AvgIpc) is 4.20. The first-order valence-electron chi connectivity index (χ1n) is 23.5. The first-order chi connectivity index (χ1) is 33.8. The predicted octanol–water partition coefficient (Wildman–Crippen LogP) is 4.17. The molecule has 1 aromatic heterocycles. The number of carbonyl (C=O) groups excluding carboxylic acids is 7. The fraction of sp³-hybridized carbons (Fsp3) is 0.479. The summed E-state index contributed by atoms with van der Waals surface area (Å²) in [5.41, 5.74) is 4.09. The lowest BCUT2D eigenvalue weighted by atomic mass is 10.0. The Morgan fingerprint density at radius 1 is 0.972 bits per heavy atom. The third kappa shape index (κ3) is 12.3. The van der Waals surface area contributed by atoms with Gasteiger partial charge in [-0.15, -0.1) is 0 Å². The molecule has 4 aliphatic rings. The van der Waals surface area contributed by atoms with E-state index in [-0.39, 0.29) is 97.2 Å². The van der Waals surface area contributed by atoms with Crippen molar-refractivity contribution in [3.8, 4) is 0 Å². The largest absolute Gasteiger partial charge is 0.477 e. The zero-order chi connectivity index (χ0) is 51.3. The first-order valence-corrected chi connectivity index (χ1v) is 23.8. The van der Waals surface area contributed by atoms with Gasteiger partial charge >= 0.3 is 18.1 Å². The lowest BCUT2D eigenvalue weighted by Gasteiger charge is -2.25. The van der Waals surface area contributed by atoms with E-state index in [0.717, 1.165) is 17.2 Å². The van der Waals surface area contributed by atoms with Gasteiger partial charge in [0.2, 0.25) is 23.2 Å². The molecule has 1 saturated heterocycles. The number of urea groups is 1. The third-order valence-electron chi connectivity index (χ3n) is 13.2. The number of hydrogen-bond acceptors (Lipinski definition) is 11. The number of nitrogens with two attached hydrogens (primary N) is 1. The number of aromatic carboxylic acids is 1. The van der Waals surface area contributed by atoms with E-state index in [9.17, 15) is 52.6 Å². The van der Waals surface area contributed by atoms with Crippen molar-refractivity contribution in [1.82, 2.24) is 30.7 Å². The van der Waals surface area contributed by atoms with Crippen molar-refractivity contribution < 1.29 is 57.0 Å². The van der Waals surface area contributed by atoms with Crippen molar-refractivity contribution in [1.29, 1.82) is 0 Å². The number of primary amides is 1. The van der Waals surface area contributed by atoms with Crippen molar-refractivity contribution in [3.05, 3.63) is 80.9 Å². The van der Waals surface area contributed by atoms with E-state index in [1.165, 1.54) is 16.7 Å². The lowest BCUT2D eigenvalue weighted by molar-refractivity contribution is -0.137. The number of carboxylic acids is 1. The Kier molecular flexibility index (Phi) is 16.0. The lowest BCUT2D eigenvalue weighted by Crippen LogP contribution is -2.54. The molecular weight excluding hydrogens is 952 g/mol. The van der Waals surface area contributed by atoms with Crippen LogP contribution in [0.4, 0.5) is 29.7 Å². The molecule has 2 saturated carbocycles. The standard InChI is InChI=1S/C48H56ClF2N9O11/c1-25(2)39(57-35(61)8-4-3-5-18-59-36(62)13-14-37(59)63)44(66)55-32(7-6-17-53-46(52)69)43(65)54-27-11-9-26(10-12-27)23-71-47(70)56-34-22-58(24-48(34)15-16-48)41-31(51)19-28-40(38(41)49)60(33-20-30(33)50)21-29(42(28)64)45(67)68/h9-14,19,21,25,30,32-34,39H,3-8,15-18,20,22-24H2,1-2H3,(H,54,65)(H,55,66)(H,56,70)(H,57,61)(H,67,68)(H3,52,53,69)/t30-,32-,33+,34+,39?/m0/s1.